The van der Waals surface area contributed by atoms with E-state index in [-0.39, 0.29) is 0 Å². The van der Waals surface area contributed by atoms with Crippen LogP contribution in [-0.4, -0.2) is 20.0 Å². The topological polar surface area (TPSA) is 36.9 Å². The second-order valence-electron chi connectivity index (χ2n) is 4.00. The highest BCUT2D eigenvalue weighted by Crippen LogP contribution is 2.30. The molecule has 4 rings (SSSR count). The lowest BCUT2D eigenvalue weighted by Gasteiger charge is -2.17. The summed E-state index contributed by atoms with van der Waals surface area (Å²) < 4.78 is 20.7. The third-order valence-corrected chi connectivity index (χ3v) is 2.73. The van der Waals surface area contributed by atoms with E-state index in [1.807, 2.05) is 62.4 Å². The minimum absolute atomic E-state index is 0.360. The Hall–Kier alpha value is -2.36. The summed E-state index contributed by atoms with van der Waals surface area (Å²) in [6.07, 6.45) is 0. The highest BCUT2D eigenvalue weighted by Gasteiger charge is 2.09. The molecule has 0 aliphatic carbocycles. The SMILES string of the molecule is CC.c1ccc2c(c1)OCCO2.c1ccc2c(c1)OCO2. The summed E-state index contributed by atoms with van der Waals surface area (Å²) in [4.78, 5) is 0. The molecule has 0 aromatic heterocycles. The number of fused-ring (bicyclic) bond motifs is 2. The van der Waals surface area contributed by atoms with Crippen LogP contribution in [0.1, 0.15) is 13.8 Å². The summed E-state index contributed by atoms with van der Waals surface area (Å²) in [5.74, 6) is 3.40. The van der Waals surface area contributed by atoms with Crippen molar-refractivity contribution < 1.29 is 18.9 Å². The number of hydrogen-bond acceptors (Lipinski definition) is 4. The zero-order chi connectivity index (χ0) is 14.9. The van der Waals surface area contributed by atoms with E-state index in [9.17, 15) is 0 Å². The molecular weight excluding hydrogens is 268 g/mol. The fourth-order valence-electron chi connectivity index (χ4n) is 1.84. The summed E-state index contributed by atoms with van der Waals surface area (Å²) in [5.41, 5.74) is 0. The standard InChI is InChI=1S/C8H8O2.C7H6O2.C2H6/c1-2-4-8-7(3-1)9-5-6-10-8;1-2-4-7-6(3-1)8-5-9-7;1-2/h1-4H,5-6H2;1-4H,5H2;1-2H3. The van der Waals surface area contributed by atoms with Crippen LogP contribution in [0, 0.1) is 0 Å². The first kappa shape index (κ1) is 15.0. The zero-order valence-corrected chi connectivity index (χ0v) is 12.4. The summed E-state index contributed by atoms with van der Waals surface area (Å²) in [6.45, 7) is 5.69. The zero-order valence-electron chi connectivity index (χ0n) is 12.4. The van der Waals surface area contributed by atoms with E-state index in [0.29, 0.717) is 20.0 Å². The average Bonchev–Trinajstić information content (AvgIpc) is 3.06. The molecule has 0 radical (unpaired) electrons. The molecule has 2 aromatic carbocycles. The third-order valence-electron chi connectivity index (χ3n) is 2.73. The summed E-state index contributed by atoms with van der Waals surface area (Å²) >= 11 is 0. The number of benzene rings is 2. The number of hydrogen-bond donors (Lipinski definition) is 0. The Labute approximate surface area is 125 Å². The lowest BCUT2D eigenvalue weighted by molar-refractivity contribution is 0.171. The number of ether oxygens (including phenoxy) is 4. The Morgan fingerprint density at radius 3 is 1.29 bits per heavy atom. The molecule has 112 valence electrons. The molecule has 2 aromatic rings. The number of rotatable bonds is 0. The molecule has 0 amide bonds. The first-order valence-corrected chi connectivity index (χ1v) is 7.13. The van der Waals surface area contributed by atoms with E-state index in [2.05, 4.69) is 0 Å². The Kier molecular flexibility index (Phi) is 5.76. The fourth-order valence-corrected chi connectivity index (χ4v) is 1.84. The van der Waals surface area contributed by atoms with Crippen molar-refractivity contribution in [2.24, 2.45) is 0 Å². The van der Waals surface area contributed by atoms with Crippen molar-refractivity contribution >= 4 is 0 Å². The Balaban J connectivity index is 0.000000138. The van der Waals surface area contributed by atoms with E-state index >= 15 is 0 Å². The van der Waals surface area contributed by atoms with Crippen LogP contribution < -0.4 is 18.9 Å². The van der Waals surface area contributed by atoms with Gasteiger partial charge in [-0.15, -0.1) is 0 Å². The van der Waals surface area contributed by atoms with Crippen molar-refractivity contribution in [3.63, 3.8) is 0 Å². The molecule has 0 unspecified atom stereocenters. The van der Waals surface area contributed by atoms with Gasteiger partial charge in [0.2, 0.25) is 6.79 Å². The van der Waals surface area contributed by atoms with Crippen LogP contribution in [0.5, 0.6) is 23.0 Å². The fraction of sp³-hybridized carbons (Fsp3) is 0.294. The maximum atomic E-state index is 5.30. The summed E-state index contributed by atoms with van der Waals surface area (Å²) in [5, 5.41) is 0. The van der Waals surface area contributed by atoms with Crippen LogP contribution in [0.25, 0.3) is 0 Å². The lowest BCUT2D eigenvalue weighted by atomic mass is 10.3. The molecule has 2 aliphatic heterocycles. The molecule has 4 heteroatoms. The van der Waals surface area contributed by atoms with E-state index in [0.717, 1.165) is 23.0 Å². The van der Waals surface area contributed by atoms with Crippen LogP contribution in [-0.2, 0) is 0 Å². The van der Waals surface area contributed by atoms with Crippen molar-refractivity contribution in [1.82, 2.24) is 0 Å². The van der Waals surface area contributed by atoms with Gasteiger partial charge in [0.15, 0.2) is 23.0 Å². The van der Waals surface area contributed by atoms with Gasteiger partial charge in [0.1, 0.15) is 13.2 Å². The molecule has 0 atom stereocenters. The molecule has 4 nitrogen and oxygen atoms in total. The quantitative estimate of drug-likeness (QED) is 0.736. The van der Waals surface area contributed by atoms with Gasteiger partial charge < -0.3 is 18.9 Å². The van der Waals surface area contributed by atoms with Crippen LogP contribution in [0.3, 0.4) is 0 Å². The van der Waals surface area contributed by atoms with Gasteiger partial charge in [0, 0.05) is 0 Å². The second-order valence-corrected chi connectivity index (χ2v) is 4.00. The monoisotopic (exact) mass is 288 g/mol. The first-order valence-electron chi connectivity index (χ1n) is 7.13. The predicted molar refractivity (Wildman–Crippen MR) is 81.3 cm³/mol. The second kappa shape index (κ2) is 8.04. The van der Waals surface area contributed by atoms with Crippen LogP contribution in [0.15, 0.2) is 48.5 Å². The van der Waals surface area contributed by atoms with E-state index in [4.69, 9.17) is 18.9 Å². The van der Waals surface area contributed by atoms with E-state index in [1.165, 1.54) is 0 Å². The summed E-state index contributed by atoms with van der Waals surface area (Å²) in [7, 11) is 0. The molecule has 0 bridgehead atoms. The van der Waals surface area contributed by atoms with Gasteiger partial charge in [-0.25, -0.2) is 0 Å². The lowest BCUT2D eigenvalue weighted by Crippen LogP contribution is -2.14. The molecule has 2 heterocycles. The highest BCUT2D eigenvalue weighted by molar-refractivity contribution is 5.41. The van der Waals surface area contributed by atoms with Crippen molar-refractivity contribution in [3.8, 4) is 23.0 Å². The van der Waals surface area contributed by atoms with Gasteiger partial charge in [0.05, 0.1) is 0 Å². The van der Waals surface area contributed by atoms with Gasteiger partial charge >= 0.3 is 0 Å². The molecule has 0 N–H and O–H groups in total. The van der Waals surface area contributed by atoms with Gasteiger partial charge in [-0.2, -0.15) is 0 Å². The Bertz CT molecular complexity index is 506. The molecule has 21 heavy (non-hydrogen) atoms. The van der Waals surface area contributed by atoms with Gasteiger partial charge in [-0.05, 0) is 24.3 Å². The predicted octanol–water partition coefficient (Wildman–Crippen LogP) is 3.90. The molecule has 0 spiro atoms. The van der Waals surface area contributed by atoms with E-state index in [1.54, 1.807) is 0 Å². The highest BCUT2D eigenvalue weighted by atomic mass is 16.7. The minimum Gasteiger partial charge on any atom is -0.486 e. The largest absolute Gasteiger partial charge is 0.486 e. The van der Waals surface area contributed by atoms with Gasteiger partial charge in [-0.3, -0.25) is 0 Å². The molecule has 0 saturated carbocycles. The first-order chi connectivity index (χ1) is 10.4. The van der Waals surface area contributed by atoms with Crippen molar-refractivity contribution in [2.45, 2.75) is 13.8 Å². The Morgan fingerprint density at radius 2 is 0.905 bits per heavy atom. The normalized spacial score (nSPS) is 13.2. The maximum absolute atomic E-state index is 5.30. The van der Waals surface area contributed by atoms with Gasteiger partial charge in [-0.1, -0.05) is 38.1 Å². The minimum atomic E-state index is 0.360. The smallest absolute Gasteiger partial charge is 0.231 e. The van der Waals surface area contributed by atoms with E-state index < -0.39 is 0 Å². The van der Waals surface area contributed by atoms with Crippen LogP contribution in [0.2, 0.25) is 0 Å². The van der Waals surface area contributed by atoms with Crippen molar-refractivity contribution in [3.05, 3.63) is 48.5 Å². The van der Waals surface area contributed by atoms with Crippen LogP contribution >= 0.6 is 0 Å². The molecule has 2 aliphatic rings. The number of para-hydroxylation sites is 4. The van der Waals surface area contributed by atoms with Crippen molar-refractivity contribution in [1.29, 1.82) is 0 Å². The van der Waals surface area contributed by atoms with Crippen molar-refractivity contribution in [2.75, 3.05) is 20.0 Å². The average molecular weight is 288 g/mol. The van der Waals surface area contributed by atoms with Gasteiger partial charge in [0.25, 0.3) is 0 Å². The van der Waals surface area contributed by atoms with Crippen LogP contribution in [0.4, 0.5) is 0 Å². The molecular formula is C17H20O4. The molecule has 0 fully saturated rings. The Morgan fingerprint density at radius 1 is 0.571 bits per heavy atom. The summed E-state index contributed by atoms with van der Waals surface area (Å²) in [6, 6.07) is 15.3. The maximum Gasteiger partial charge on any atom is 0.231 e. The third kappa shape index (κ3) is 4.05. The molecule has 0 saturated heterocycles.